The fourth-order valence-electron chi connectivity index (χ4n) is 3.47. The summed E-state index contributed by atoms with van der Waals surface area (Å²) in [4.78, 5) is 12.6. The Kier molecular flexibility index (Phi) is 7.78. The van der Waals surface area contributed by atoms with E-state index in [-0.39, 0.29) is 17.1 Å². The van der Waals surface area contributed by atoms with Crippen molar-refractivity contribution in [2.75, 3.05) is 16.4 Å². The van der Waals surface area contributed by atoms with Crippen LogP contribution in [0.1, 0.15) is 32.2 Å². The van der Waals surface area contributed by atoms with Crippen LogP contribution in [0.5, 0.6) is 0 Å². The van der Waals surface area contributed by atoms with Crippen molar-refractivity contribution in [3.63, 3.8) is 0 Å². The molecule has 180 valence electrons. The predicted octanol–water partition coefficient (Wildman–Crippen LogP) is 6.56. The highest BCUT2D eigenvalue weighted by molar-refractivity contribution is 7.99. The molecule has 4 rings (SSSR count). The third-order valence-corrected chi connectivity index (χ3v) is 6.56. The third-order valence-electron chi connectivity index (χ3n) is 5.38. The number of anilines is 2. The van der Waals surface area contributed by atoms with Crippen LogP contribution in [0, 0.1) is 0 Å². The van der Waals surface area contributed by atoms with E-state index in [4.69, 9.17) is 11.6 Å². The van der Waals surface area contributed by atoms with Gasteiger partial charge < -0.3 is 10.6 Å². The molecule has 0 spiro atoms. The van der Waals surface area contributed by atoms with Crippen molar-refractivity contribution in [1.82, 2.24) is 14.8 Å². The Morgan fingerprint density at radius 2 is 1.57 bits per heavy atom. The zero-order valence-electron chi connectivity index (χ0n) is 20.0. The first-order valence-corrected chi connectivity index (χ1v) is 12.7. The van der Waals surface area contributed by atoms with Gasteiger partial charge in [-0.2, -0.15) is 0 Å². The van der Waals surface area contributed by atoms with Crippen LogP contribution in [-0.2, 0) is 16.8 Å². The molecule has 0 atom stereocenters. The predicted molar refractivity (Wildman–Crippen MR) is 145 cm³/mol. The minimum Gasteiger partial charge on any atom is -0.378 e. The van der Waals surface area contributed by atoms with Crippen molar-refractivity contribution < 1.29 is 4.79 Å². The fourth-order valence-corrected chi connectivity index (χ4v) is 4.37. The first kappa shape index (κ1) is 24.8. The first-order valence-electron chi connectivity index (χ1n) is 11.3. The molecule has 6 nitrogen and oxygen atoms in total. The molecule has 2 N–H and O–H groups in total. The smallest absolute Gasteiger partial charge is 0.234 e. The van der Waals surface area contributed by atoms with Crippen molar-refractivity contribution >= 4 is 40.6 Å². The second-order valence-electron chi connectivity index (χ2n) is 9.09. The quantitative estimate of drug-likeness (QED) is 0.265. The fraction of sp³-hybridized carbons (Fsp3) is 0.222. The number of benzene rings is 3. The maximum Gasteiger partial charge on any atom is 0.234 e. The summed E-state index contributed by atoms with van der Waals surface area (Å²) in [7, 11) is 0. The Morgan fingerprint density at radius 3 is 2.23 bits per heavy atom. The lowest BCUT2D eigenvalue weighted by Gasteiger charge is -2.19. The summed E-state index contributed by atoms with van der Waals surface area (Å²) in [6.45, 7) is 6.97. The van der Waals surface area contributed by atoms with Crippen molar-refractivity contribution in [2.45, 2.75) is 37.9 Å². The van der Waals surface area contributed by atoms with Crippen LogP contribution in [0.4, 0.5) is 11.4 Å². The molecule has 0 aliphatic rings. The number of rotatable bonds is 8. The van der Waals surface area contributed by atoms with Crippen LogP contribution in [-0.4, -0.2) is 26.4 Å². The number of thioether (sulfide) groups is 1. The van der Waals surface area contributed by atoms with Crippen LogP contribution >= 0.6 is 23.4 Å². The molecular weight excluding hydrogens is 478 g/mol. The lowest BCUT2D eigenvalue weighted by molar-refractivity contribution is -0.113. The van der Waals surface area contributed by atoms with Gasteiger partial charge in [0.15, 0.2) is 11.0 Å². The van der Waals surface area contributed by atoms with Crippen molar-refractivity contribution in [1.29, 1.82) is 0 Å². The van der Waals surface area contributed by atoms with Crippen LogP contribution < -0.4 is 10.6 Å². The lowest BCUT2D eigenvalue weighted by atomic mass is 9.87. The summed E-state index contributed by atoms with van der Waals surface area (Å²) in [5.74, 6) is 0.866. The van der Waals surface area contributed by atoms with Crippen molar-refractivity contribution in [2.24, 2.45) is 0 Å². The average molecular weight is 506 g/mol. The molecule has 4 aromatic rings. The van der Waals surface area contributed by atoms with Gasteiger partial charge in [0.1, 0.15) is 0 Å². The maximum atomic E-state index is 12.6. The minimum absolute atomic E-state index is 0.0695. The number of hydrogen-bond donors (Lipinski definition) is 2. The highest BCUT2D eigenvalue weighted by atomic mass is 35.5. The van der Waals surface area contributed by atoms with E-state index in [1.54, 1.807) is 0 Å². The van der Waals surface area contributed by atoms with Gasteiger partial charge in [-0.1, -0.05) is 74.5 Å². The zero-order valence-corrected chi connectivity index (χ0v) is 21.5. The Balaban J connectivity index is 1.45. The minimum atomic E-state index is -0.0954. The van der Waals surface area contributed by atoms with Crippen LogP contribution in [0.15, 0.2) is 84.0 Å². The van der Waals surface area contributed by atoms with E-state index in [9.17, 15) is 4.79 Å². The van der Waals surface area contributed by atoms with Crippen LogP contribution in [0.2, 0.25) is 5.02 Å². The number of halogens is 1. The standard InChI is InChI=1S/C27H28ClN5OS/c1-27(2,3)19-9-13-22(14-10-19)30-25(34)18-35-26-32-31-24(33(26)23-7-5-4-6-8-23)17-29-21-15-11-20(28)12-16-21/h4-16,29H,17-18H2,1-3H3,(H,30,34). The summed E-state index contributed by atoms with van der Waals surface area (Å²) < 4.78 is 1.97. The molecule has 0 fully saturated rings. The number of hydrogen-bond acceptors (Lipinski definition) is 5. The summed E-state index contributed by atoms with van der Waals surface area (Å²) in [6.07, 6.45) is 0. The zero-order chi connectivity index (χ0) is 24.8. The van der Waals surface area contributed by atoms with Gasteiger partial charge in [0, 0.05) is 22.1 Å². The van der Waals surface area contributed by atoms with Crippen LogP contribution in [0.25, 0.3) is 5.69 Å². The van der Waals surface area contributed by atoms with Gasteiger partial charge in [-0.3, -0.25) is 9.36 Å². The maximum absolute atomic E-state index is 12.6. The number of nitrogens with zero attached hydrogens (tertiary/aromatic N) is 3. The second kappa shape index (κ2) is 11.0. The third kappa shape index (κ3) is 6.65. The topological polar surface area (TPSA) is 71.8 Å². The van der Waals surface area contributed by atoms with Gasteiger partial charge in [-0.05, 0) is 59.5 Å². The normalized spacial score (nSPS) is 11.3. The van der Waals surface area contributed by atoms with Gasteiger partial charge in [-0.15, -0.1) is 10.2 Å². The number of para-hydroxylation sites is 1. The molecule has 0 bridgehead atoms. The SMILES string of the molecule is CC(C)(C)c1ccc(NC(=O)CSc2nnc(CNc3ccc(Cl)cc3)n2-c2ccccc2)cc1. The van der Waals surface area contributed by atoms with E-state index in [1.165, 1.54) is 17.3 Å². The molecular formula is C27H28ClN5OS. The second-order valence-corrected chi connectivity index (χ2v) is 10.5. The number of nitrogens with one attached hydrogen (secondary N) is 2. The first-order chi connectivity index (χ1) is 16.8. The van der Waals surface area contributed by atoms with Gasteiger partial charge in [-0.25, -0.2) is 0 Å². The Hall–Kier alpha value is -3.29. The van der Waals surface area contributed by atoms with Crippen LogP contribution in [0.3, 0.4) is 0 Å². The van der Waals surface area contributed by atoms with Gasteiger partial charge in [0.25, 0.3) is 0 Å². The molecule has 0 aliphatic heterocycles. The number of amides is 1. The Bertz CT molecular complexity index is 1270. The van der Waals surface area contributed by atoms with Gasteiger partial charge in [0.2, 0.25) is 5.91 Å². The Morgan fingerprint density at radius 1 is 0.914 bits per heavy atom. The number of carbonyl (C=O) groups excluding carboxylic acids is 1. The summed E-state index contributed by atoms with van der Waals surface area (Å²) >= 11 is 7.34. The molecule has 35 heavy (non-hydrogen) atoms. The Labute approximate surface area is 215 Å². The van der Waals surface area contributed by atoms with E-state index < -0.39 is 0 Å². The van der Waals surface area contributed by atoms with E-state index in [0.29, 0.717) is 16.7 Å². The van der Waals surface area contributed by atoms with Crippen molar-refractivity contribution in [3.8, 4) is 5.69 Å². The molecule has 1 heterocycles. The molecule has 0 saturated heterocycles. The largest absolute Gasteiger partial charge is 0.378 e. The van der Waals surface area contributed by atoms with E-state index in [0.717, 1.165) is 22.9 Å². The molecule has 0 saturated carbocycles. The van der Waals surface area contributed by atoms with E-state index >= 15 is 0 Å². The van der Waals surface area contributed by atoms with Gasteiger partial charge in [0.05, 0.1) is 12.3 Å². The highest BCUT2D eigenvalue weighted by Crippen LogP contribution is 2.25. The van der Waals surface area contributed by atoms with E-state index in [2.05, 4.69) is 53.7 Å². The molecule has 0 unspecified atom stereocenters. The monoisotopic (exact) mass is 505 g/mol. The van der Waals surface area contributed by atoms with Crippen molar-refractivity contribution in [3.05, 3.63) is 95.3 Å². The molecule has 0 radical (unpaired) electrons. The molecule has 1 aromatic heterocycles. The van der Waals surface area contributed by atoms with Gasteiger partial charge >= 0.3 is 0 Å². The summed E-state index contributed by atoms with van der Waals surface area (Å²) in [5, 5.41) is 16.4. The summed E-state index contributed by atoms with van der Waals surface area (Å²) in [5.41, 5.74) is 3.94. The molecule has 1 amide bonds. The highest BCUT2D eigenvalue weighted by Gasteiger charge is 2.17. The molecule has 8 heteroatoms. The van der Waals surface area contributed by atoms with E-state index in [1.807, 2.05) is 71.3 Å². The number of aromatic nitrogens is 3. The summed E-state index contributed by atoms with van der Waals surface area (Å²) in [6, 6.07) is 25.4. The average Bonchev–Trinajstić information content (AvgIpc) is 3.25. The lowest BCUT2D eigenvalue weighted by Crippen LogP contribution is -2.15. The molecule has 3 aromatic carbocycles. The number of carbonyl (C=O) groups is 1. The molecule has 0 aliphatic carbocycles.